The molecular formula is C20H19N3O5. The molecule has 144 valence electrons. The van der Waals surface area contributed by atoms with Gasteiger partial charge in [-0.25, -0.2) is 14.3 Å². The van der Waals surface area contributed by atoms with Crippen LogP contribution in [0.15, 0.2) is 54.9 Å². The Morgan fingerprint density at radius 3 is 2.21 bits per heavy atom. The van der Waals surface area contributed by atoms with Crippen molar-refractivity contribution in [2.24, 2.45) is 5.73 Å². The molecule has 0 aliphatic rings. The average Bonchev–Trinajstić information content (AvgIpc) is 3.17. The van der Waals surface area contributed by atoms with Crippen molar-refractivity contribution < 1.29 is 24.6 Å². The van der Waals surface area contributed by atoms with Crippen LogP contribution in [0.4, 0.5) is 0 Å². The zero-order valence-corrected chi connectivity index (χ0v) is 15.1. The fourth-order valence-corrected chi connectivity index (χ4v) is 2.47. The maximum absolute atomic E-state index is 10.5. The second kappa shape index (κ2) is 9.24. The van der Waals surface area contributed by atoms with E-state index in [2.05, 4.69) is 5.10 Å². The highest BCUT2D eigenvalue weighted by molar-refractivity contribution is 5.94. The smallest absolute Gasteiger partial charge is 0.335 e. The predicted octanol–water partition coefficient (Wildman–Crippen LogP) is 2.53. The van der Waals surface area contributed by atoms with E-state index in [1.165, 1.54) is 18.3 Å². The number of carboxylic acid groups (broad SMARTS) is 2. The number of para-hydroxylation sites is 1. The molecule has 4 N–H and O–H groups in total. The molecule has 0 saturated heterocycles. The minimum absolute atomic E-state index is 0.00241. The van der Waals surface area contributed by atoms with E-state index in [0.717, 1.165) is 23.6 Å². The van der Waals surface area contributed by atoms with Gasteiger partial charge in [-0.05, 0) is 42.3 Å². The van der Waals surface area contributed by atoms with E-state index in [4.69, 9.17) is 15.9 Å². The third-order valence-corrected chi connectivity index (χ3v) is 3.77. The summed E-state index contributed by atoms with van der Waals surface area (Å²) in [5.74, 6) is -2.24. The standard InChI is InChI=1S/C11H11N3O.C9H8O4/c12-5-10-3-1-2-4-11(10)14-7-9(8-15)6-13-14;1-5-2-6(8(10)11)4-7(3-5)9(12)13/h1-4,6-8H,5,12H2;2-4H,1H3,(H,10,11)(H,12,13). The summed E-state index contributed by atoms with van der Waals surface area (Å²) < 4.78 is 1.66. The van der Waals surface area contributed by atoms with Crippen molar-refractivity contribution in [2.45, 2.75) is 13.5 Å². The molecule has 0 aliphatic carbocycles. The first kappa shape index (κ1) is 20.5. The lowest BCUT2D eigenvalue weighted by molar-refractivity contribution is 0.0696. The minimum atomic E-state index is -1.12. The van der Waals surface area contributed by atoms with Crippen molar-refractivity contribution in [1.82, 2.24) is 9.78 Å². The number of carbonyl (C=O) groups is 3. The molecule has 0 saturated carbocycles. The molecule has 0 unspecified atom stereocenters. The normalized spacial score (nSPS) is 9.93. The van der Waals surface area contributed by atoms with Crippen molar-refractivity contribution in [3.05, 3.63) is 82.7 Å². The first-order valence-electron chi connectivity index (χ1n) is 8.22. The molecule has 0 amide bonds. The Kier molecular flexibility index (Phi) is 6.78. The lowest BCUT2D eigenvalue weighted by atomic mass is 10.1. The molecule has 2 aromatic carbocycles. The molecule has 0 radical (unpaired) electrons. The molecule has 1 heterocycles. The Morgan fingerprint density at radius 1 is 1.11 bits per heavy atom. The van der Waals surface area contributed by atoms with E-state index in [1.807, 2.05) is 24.3 Å². The molecule has 0 spiro atoms. The second-order valence-corrected chi connectivity index (χ2v) is 5.87. The monoisotopic (exact) mass is 381 g/mol. The zero-order valence-electron chi connectivity index (χ0n) is 15.1. The van der Waals surface area contributed by atoms with E-state index in [0.29, 0.717) is 17.7 Å². The number of nitrogens with two attached hydrogens (primary N) is 1. The number of aromatic nitrogens is 2. The Balaban J connectivity index is 0.000000203. The van der Waals surface area contributed by atoms with Gasteiger partial charge in [0.2, 0.25) is 0 Å². The van der Waals surface area contributed by atoms with Gasteiger partial charge in [-0.15, -0.1) is 0 Å². The molecule has 0 bridgehead atoms. The lowest BCUT2D eigenvalue weighted by Crippen LogP contribution is -2.04. The van der Waals surface area contributed by atoms with E-state index >= 15 is 0 Å². The number of carboxylic acids is 2. The van der Waals surface area contributed by atoms with Gasteiger partial charge in [0.05, 0.1) is 28.6 Å². The van der Waals surface area contributed by atoms with Gasteiger partial charge in [-0.2, -0.15) is 5.10 Å². The van der Waals surface area contributed by atoms with Crippen LogP contribution in [0.1, 0.15) is 42.2 Å². The molecular weight excluding hydrogens is 362 g/mol. The van der Waals surface area contributed by atoms with Crippen LogP contribution in [-0.2, 0) is 6.54 Å². The largest absolute Gasteiger partial charge is 0.478 e. The van der Waals surface area contributed by atoms with E-state index < -0.39 is 11.9 Å². The first-order chi connectivity index (χ1) is 13.3. The maximum Gasteiger partial charge on any atom is 0.335 e. The predicted molar refractivity (Wildman–Crippen MR) is 102 cm³/mol. The lowest BCUT2D eigenvalue weighted by Gasteiger charge is -2.06. The number of aromatic carboxylic acids is 2. The van der Waals surface area contributed by atoms with Crippen LogP contribution in [0, 0.1) is 6.92 Å². The second-order valence-electron chi connectivity index (χ2n) is 5.87. The van der Waals surface area contributed by atoms with Crippen LogP contribution in [0.3, 0.4) is 0 Å². The van der Waals surface area contributed by atoms with E-state index in [1.54, 1.807) is 17.8 Å². The Labute approximate surface area is 160 Å². The van der Waals surface area contributed by atoms with Crippen LogP contribution < -0.4 is 5.73 Å². The van der Waals surface area contributed by atoms with Gasteiger partial charge in [-0.1, -0.05) is 18.2 Å². The Bertz CT molecular complexity index is 978. The molecule has 1 aromatic heterocycles. The molecule has 0 aliphatic heterocycles. The van der Waals surface area contributed by atoms with Crippen LogP contribution in [0.25, 0.3) is 5.69 Å². The van der Waals surface area contributed by atoms with Crippen LogP contribution in [0.5, 0.6) is 0 Å². The summed E-state index contributed by atoms with van der Waals surface area (Å²) in [6, 6.07) is 11.7. The van der Waals surface area contributed by atoms with Gasteiger partial charge < -0.3 is 15.9 Å². The van der Waals surface area contributed by atoms with Gasteiger partial charge in [0, 0.05) is 12.7 Å². The summed E-state index contributed by atoms with van der Waals surface area (Å²) in [6.45, 7) is 2.10. The molecule has 3 rings (SSSR count). The SMILES string of the molecule is Cc1cc(C(=O)O)cc(C(=O)O)c1.NCc1ccccc1-n1cc(C=O)cn1. The summed E-state index contributed by atoms with van der Waals surface area (Å²) >= 11 is 0. The summed E-state index contributed by atoms with van der Waals surface area (Å²) in [6.07, 6.45) is 3.98. The number of aldehydes is 1. The van der Waals surface area contributed by atoms with Crippen molar-refractivity contribution >= 4 is 18.2 Å². The van der Waals surface area contributed by atoms with Gasteiger partial charge in [0.15, 0.2) is 6.29 Å². The number of aryl methyl sites for hydroxylation is 1. The van der Waals surface area contributed by atoms with Crippen molar-refractivity contribution in [3.63, 3.8) is 0 Å². The maximum atomic E-state index is 10.5. The van der Waals surface area contributed by atoms with Crippen molar-refractivity contribution in [3.8, 4) is 5.69 Å². The van der Waals surface area contributed by atoms with Gasteiger partial charge >= 0.3 is 11.9 Å². The number of hydrogen-bond acceptors (Lipinski definition) is 5. The fraction of sp³-hybridized carbons (Fsp3) is 0.100. The summed E-state index contributed by atoms with van der Waals surface area (Å²) in [5, 5.41) is 21.3. The van der Waals surface area contributed by atoms with E-state index in [-0.39, 0.29) is 11.1 Å². The van der Waals surface area contributed by atoms with Gasteiger partial charge in [0.1, 0.15) is 0 Å². The summed E-state index contributed by atoms with van der Waals surface area (Å²) in [7, 11) is 0. The summed E-state index contributed by atoms with van der Waals surface area (Å²) in [5.41, 5.74) is 8.70. The molecule has 8 heteroatoms. The highest BCUT2D eigenvalue weighted by Crippen LogP contribution is 2.13. The van der Waals surface area contributed by atoms with Crippen molar-refractivity contribution in [2.75, 3.05) is 0 Å². The third kappa shape index (κ3) is 5.12. The third-order valence-electron chi connectivity index (χ3n) is 3.77. The van der Waals surface area contributed by atoms with Gasteiger partial charge in [-0.3, -0.25) is 4.79 Å². The van der Waals surface area contributed by atoms with E-state index in [9.17, 15) is 14.4 Å². The number of carbonyl (C=O) groups excluding carboxylic acids is 1. The van der Waals surface area contributed by atoms with Crippen LogP contribution in [-0.4, -0.2) is 38.2 Å². The molecule has 0 atom stereocenters. The van der Waals surface area contributed by atoms with Crippen LogP contribution >= 0.6 is 0 Å². The van der Waals surface area contributed by atoms with Gasteiger partial charge in [0.25, 0.3) is 0 Å². The average molecular weight is 381 g/mol. The summed E-state index contributed by atoms with van der Waals surface area (Å²) in [4.78, 5) is 31.6. The molecule has 0 fully saturated rings. The number of benzene rings is 2. The van der Waals surface area contributed by atoms with Crippen LogP contribution in [0.2, 0.25) is 0 Å². The number of rotatable bonds is 5. The molecule has 28 heavy (non-hydrogen) atoms. The molecule has 3 aromatic rings. The Hall–Kier alpha value is -3.78. The highest BCUT2D eigenvalue weighted by Gasteiger charge is 2.09. The highest BCUT2D eigenvalue weighted by atomic mass is 16.4. The first-order valence-corrected chi connectivity index (χ1v) is 8.22. The number of hydrogen-bond donors (Lipinski definition) is 3. The Morgan fingerprint density at radius 2 is 1.71 bits per heavy atom. The number of nitrogens with zero attached hydrogens (tertiary/aromatic N) is 2. The zero-order chi connectivity index (χ0) is 20.7. The van der Waals surface area contributed by atoms with Crippen molar-refractivity contribution in [1.29, 1.82) is 0 Å². The quantitative estimate of drug-likeness (QED) is 0.578. The minimum Gasteiger partial charge on any atom is -0.478 e. The topological polar surface area (TPSA) is 136 Å². The molecule has 8 nitrogen and oxygen atoms in total. The fourth-order valence-electron chi connectivity index (χ4n) is 2.47.